The van der Waals surface area contributed by atoms with E-state index in [2.05, 4.69) is 4.42 Å². The van der Waals surface area contributed by atoms with E-state index in [-0.39, 0.29) is 21.8 Å². The lowest BCUT2D eigenvalue weighted by atomic mass is 10.5. The van der Waals surface area contributed by atoms with E-state index >= 15 is 0 Å². The highest BCUT2D eigenvalue weighted by Gasteiger charge is 2.26. The molecule has 0 aliphatic heterocycles. The molecule has 0 fully saturated rings. The second-order valence-corrected chi connectivity index (χ2v) is 2.43. The number of aromatic hydroxyl groups is 1. The summed E-state index contributed by atoms with van der Waals surface area (Å²) in [6, 6.07) is -0.483. The van der Waals surface area contributed by atoms with Crippen LogP contribution in [0.3, 0.4) is 0 Å². The van der Waals surface area contributed by atoms with Gasteiger partial charge in [-0.05, 0) is 0 Å². The summed E-state index contributed by atoms with van der Waals surface area (Å²) in [6.07, 6.45) is 0. The van der Waals surface area contributed by atoms with Gasteiger partial charge in [0.2, 0.25) is 5.75 Å². The summed E-state index contributed by atoms with van der Waals surface area (Å²) in [5, 5.41) is 29.4. The molecule has 6 N–H and O–H groups in total. The predicted molar refractivity (Wildman–Crippen MR) is 40.8 cm³/mol. The first-order valence-electron chi connectivity index (χ1n) is 3.24. The first-order chi connectivity index (χ1) is 6.04. The number of nitrogens with two attached hydrogens (primary N) is 2. The number of hydrogen-bond donors (Lipinski definition) is 4. The Morgan fingerprint density at radius 1 is 1.46 bits per heavy atom. The molecule has 2 aromatic heterocycles. The second kappa shape index (κ2) is 1.91. The topological polar surface area (TPSA) is 138 Å². The van der Waals surface area contributed by atoms with E-state index < -0.39 is 11.8 Å². The molecule has 70 valence electrons. The molecule has 0 radical (unpaired) electrons. The molecule has 13 heavy (non-hydrogen) atoms. The highest BCUT2D eigenvalue weighted by atomic mass is 16.5. The summed E-state index contributed by atoms with van der Waals surface area (Å²) in [5.41, 5.74) is 9.70. The van der Waals surface area contributed by atoms with Crippen molar-refractivity contribution in [3.05, 3.63) is 5.21 Å². The van der Waals surface area contributed by atoms with Crippen LogP contribution in [0.5, 0.6) is 5.75 Å². The Kier molecular flexibility index (Phi) is 1.09. The smallest absolute Gasteiger partial charge is 0.396 e. The van der Waals surface area contributed by atoms with Crippen molar-refractivity contribution in [1.29, 1.82) is 0 Å². The first kappa shape index (κ1) is 7.40. The van der Waals surface area contributed by atoms with Gasteiger partial charge in [0, 0.05) is 0 Å². The zero-order chi connectivity index (χ0) is 9.75. The van der Waals surface area contributed by atoms with Crippen molar-refractivity contribution in [2.45, 2.75) is 0 Å². The maximum absolute atomic E-state index is 11.1. The molecule has 0 saturated heterocycles. The summed E-state index contributed by atoms with van der Waals surface area (Å²) < 4.78 is 5.07. The van der Waals surface area contributed by atoms with Gasteiger partial charge < -0.3 is 25.7 Å². The standard InChI is InChI=1S/C5H6N4O4/c6-3-1(10)2-4(8(3)11)9(12)5(7)13-2/h10-11H,6-7H2. The zero-order valence-electron chi connectivity index (χ0n) is 6.26. The van der Waals surface area contributed by atoms with Gasteiger partial charge in [-0.15, -0.1) is 0 Å². The number of rotatable bonds is 0. The molecule has 0 aliphatic carbocycles. The third-order valence-corrected chi connectivity index (χ3v) is 1.69. The fourth-order valence-corrected chi connectivity index (χ4v) is 1.06. The fourth-order valence-electron chi connectivity index (χ4n) is 1.06. The average Bonchev–Trinajstić information content (AvgIpc) is 2.48. The van der Waals surface area contributed by atoms with Gasteiger partial charge in [0.05, 0.1) is 0 Å². The molecule has 0 spiro atoms. The van der Waals surface area contributed by atoms with E-state index in [1.165, 1.54) is 0 Å². The molecule has 0 bridgehead atoms. The van der Waals surface area contributed by atoms with Gasteiger partial charge in [-0.3, -0.25) is 5.73 Å². The highest BCUT2D eigenvalue weighted by Crippen LogP contribution is 2.32. The molecule has 0 amide bonds. The number of fused-ring (bicyclic) bond motifs is 1. The van der Waals surface area contributed by atoms with Gasteiger partial charge in [-0.1, -0.05) is 4.73 Å². The van der Waals surface area contributed by atoms with Crippen LogP contribution in [0.2, 0.25) is 0 Å². The maximum Gasteiger partial charge on any atom is 0.396 e. The monoisotopic (exact) mass is 186 g/mol. The van der Waals surface area contributed by atoms with Crippen LogP contribution in [0.25, 0.3) is 11.2 Å². The Hall–Kier alpha value is -2.25. The van der Waals surface area contributed by atoms with Crippen molar-refractivity contribution in [2.24, 2.45) is 0 Å². The number of nitrogens with zero attached hydrogens (tertiary/aromatic N) is 2. The van der Waals surface area contributed by atoms with Gasteiger partial charge in [0.25, 0.3) is 11.4 Å². The number of nitrogen functional groups attached to an aromatic ring is 2. The molecule has 8 nitrogen and oxygen atoms in total. The van der Waals surface area contributed by atoms with Crippen LogP contribution >= 0.6 is 0 Å². The first-order valence-corrected chi connectivity index (χ1v) is 3.24. The lowest BCUT2D eigenvalue weighted by Gasteiger charge is -1.98. The van der Waals surface area contributed by atoms with Gasteiger partial charge in [0.1, 0.15) is 0 Å². The minimum atomic E-state index is -0.515. The van der Waals surface area contributed by atoms with Gasteiger partial charge in [-0.25, -0.2) is 4.73 Å². The summed E-state index contributed by atoms with van der Waals surface area (Å²) >= 11 is 0. The normalized spacial score (nSPS) is 11.1. The Bertz CT molecular complexity index is 484. The largest absolute Gasteiger partial charge is 0.737 e. The van der Waals surface area contributed by atoms with Crippen LogP contribution in [-0.4, -0.2) is 15.0 Å². The van der Waals surface area contributed by atoms with Gasteiger partial charge >= 0.3 is 11.7 Å². The Labute approximate surface area is 70.7 Å². The van der Waals surface area contributed by atoms with E-state index in [1.54, 1.807) is 0 Å². The second-order valence-electron chi connectivity index (χ2n) is 2.43. The summed E-state index contributed by atoms with van der Waals surface area (Å²) in [4.78, 5) is 0. The Morgan fingerprint density at radius 2 is 2.08 bits per heavy atom. The zero-order valence-corrected chi connectivity index (χ0v) is 6.26. The molecule has 8 heteroatoms. The minimum Gasteiger partial charge on any atom is -0.737 e. The van der Waals surface area contributed by atoms with Crippen molar-refractivity contribution in [1.82, 2.24) is 4.73 Å². The highest BCUT2D eigenvalue weighted by molar-refractivity contribution is 5.82. The van der Waals surface area contributed by atoms with Crippen LogP contribution in [0.1, 0.15) is 0 Å². The van der Waals surface area contributed by atoms with Crippen LogP contribution in [0, 0.1) is 5.21 Å². The molecular weight excluding hydrogens is 180 g/mol. The van der Waals surface area contributed by atoms with Crippen molar-refractivity contribution in [2.75, 3.05) is 11.5 Å². The van der Waals surface area contributed by atoms with E-state index in [0.29, 0.717) is 4.73 Å². The predicted octanol–water partition coefficient (Wildman–Crippen LogP) is -1.02. The number of aromatic nitrogens is 2. The molecule has 0 saturated carbocycles. The number of oxazole rings is 1. The van der Waals surface area contributed by atoms with E-state index in [9.17, 15) is 10.3 Å². The third-order valence-electron chi connectivity index (χ3n) is 1.69. The van der Waals surface area contributed by atoms with Crippen molar-refractivity contribution >= 4 is 23.1 Å². The van der Waals surface area contributed by atoms with Crippen molar-refractivity contribution in [3.8, 4) is 5.75 Å². The van der Waals surface area contributed by atoms with E-state index in [0.717, 1.165) is 0 Å². The molecule has 0 aliphatic rings. The summed E-state index contributed by atoms with van der Waals surface area (Å²) in [7, 11) is 0. The lowest BCUT2D eigenvalue weighted by molar-refractivity contribution is -0.570. The maximum atomic E-state index is 11.1. The Morgan fingerprint density at radius 3 is 2.62 bits per heavy atom. The van der Waals surface area contributed by atoms with Crippen LogP contribution < -0.4 is 16.2 Å². The van der Waals surface area contributed by atoms with Crippen molar-refractivity contribution < 1.29 is 19.5 Å². The molecule has 2 rings (SSSR count). The van der Waals surface area contributed by atoms with E-state index in [1.807, 2.05) is 0 Å². The quantitative estimate of drug-likeness (QED) is 0.236. The van der Waals surface area contributed by atoms with Crippen molar-refractivity contribution in [3.63, 3.8) is 0 Å². The molecular formula is C5H6N4O4. The molecule has 2 heterocycles. The van der Waals surface area contributed by atoms with Crippen LogP contribution in [0.15, 0.2) is 4.42 Å². The minimum absolute atomic E-state index is 0.116. The third kappa shape index (κ3) is 0.662. The SMILES string of the molecule is Nc1c(O)c2oc(N)[n+]([O-])c2n1O. The molecule has 0 aromatic carbocycles. The molecule has 2 aromatic rings. The number of anilines is 2. The van der Waals surface area contributed by atoms with E-state index in [4.69, 9.17) is 16.7 Å². The van der Waals surface area contributed by atoms with Crippen LogP contribution in [-0.2, 0) is 0 Å². The summed E-state index contributed by atoms with van der Waals surface area (Å²) in [5.74, 6) is -0.892. The molecule has 0 atom stereocenters. The number of hydrogen-bond acceptors (Lipinski definition) is 6. The summed E-state index contributed by atoms with van der Waals surface area (Å²) in [6.45, 7) is 0. The average molecular weight is 186 g/mol. The Balaban J connectivity index is 3.01. The lowest BCUT2D eigenvalue weighted by Crippen LogP contribution is -2.29. The van der Waals surface area contributed by atoms with Crippen LogP contribution in [0.4, 0.5) is 11.8 Å². The van der Waals surface area contributed by atoms with Gasteiger partial charge in [-0.2, -0.15) is 0 Å². The fraction of sp³-hybridized carbons (Fsp3) is 0. The molecule has 0 unspecified atom stereocenters. The van der Waals surface area contributed by atoms with Gasteiger partial charge in [0.15, 0.2) is 0 Å².